The molecule has 0 saturated heterocycles. The van der Waals surface area contributed by atoms with Gasteiger partial charge in [0.25, 0.3) is 0 Å². The molecule has 2 aromatic rings. The van der Waals surface area contributed by atoms with Crippen molar-refractivity contribution in [1.82, 2.24) is 19.7 Å². The first-order valence-corrected chi connectivity index (χ1v) is 8.10. The van der Waals surface area contributed by atoms with Gasteiger partial charge in [0.2, 0.25) is 0 Å². The molecule has 1 aliphatic rings. The molecular weight excluding hydrogens is 260 g/mol. The van der Waals surface area contributed by atoms with Crippen LogP contribution >= 0.6 is 0 Å². The minimum Gasteiger partial charge on any atom is -0.348 e. The topological polar surface area (TPSA) is 34.8 Å². The fourth-order valence-electron chi connectivity index (χ4n) is 3.49. The van der Waals surface area contributed by atoms with Crippen LogP contribution < -0.4 is 5.32 Å². The van der Waals surface area contributed by atoms with Crippen LogP contribution in [-0.4, -0.2) is 21.4 Å². The van der Waals surface area contributed by atoms with E-state index in [2.05, 4.69) is 59.0 Å². The summed E-state index contributed by atoms with van der Waals surface area (Å²) in [4.78, 5) is 0. The van der Waals surface area contributed by atoms with Gasteiger partial charge < -0.3 is 9.88 Å². The summed E-state index contributed by atoms with van der Waals surface area (Å²) in [6.45, 7) is 6.07. The minimum atomic E-state index is 0.515. The Bertz CT molecular complexity index is 608. The third-order valence-corrected chi connectivity index (χ3v) is 4.54. The molecule has 0 radical (unpaired) electrons. The van der Waals surface area contributed by atoms with Crippen LogP contribution in [0, 0.1) is 6.92 Å². The van der Waals surface area contributed by atoms with Gasteiger partial charge in [-0.3, -0.25) is 4.68 Å². The highest BCUT2D eigenvalue weighted by atomic mass is 15.3. The molecule has 4 heteroatoms. The van der Waals surface area contributed by atoms with E-state index in [4.69, 9.17) is 0 Å². The summed E-state index contributed by atoms with van der Waals surface area (Å²) in [5, 5.41) is 8.02. The number of aryl methyl sites for hydroxylation is 3. The average molecular weight is 286 g/mol. The maximum absolute atomic E-state index is 4.54. The van der Waals surface area contributed by atoms with E-state index in [0.717, 1.165) is 18.8 Å². The molecule has 2 heterocycles. The van der Waals surface area contributed by atoms with Crippen molar-refractivity contribution in [3.63, 3.8) is 0 Å². The predicted molar refractivity (Wildman–Crippen MR) is 85.5 cm³/mol. The molecule has 21 heavy (non-hydrogen) atoms. The molecule has 2 aromatic heterocycles. The van der Waals surface area contributed by atoms with E-state index < -0.39 is 0 Å². The Hall–Kier alpha value is -1.55. The van der Waals surface area contributed by atoms with Crippen LogP contribution in [0.4, 0.5) is 0 Å². The monoisotopic (exact) mass is 286 g/mol. The van der Waals surface area contributed by atoms with Crippen LogP contribution in [0.25, 0.3) is 0 Å². The summed E-state index contributed by atoms with van der Waals surface area (Å²) in [6.07, 6.45) is 9.77. The first kappa shape index (κ1) is 14.4. The van der Waals surface area contributed by atoms with Crippen molar-refractivity contribution < 1.29 is 0 Å². The standard InChI is InChI=1S/C17H26N4/c1-4-21-15(9-13(2)19-21)11-20-10-14-7-5-6-8-17(18-3)16(14)12-20/h9-10,12,17-18H,4-8,11H2,1-3H3. The molecule has 3 rings (SSSR count). The summed E-state index contributed by atoms with van der Waals surface area (Å²) in [5.74, 6) is 0. The first-order chi connectivity index (χ1) is 10.2. The lowest BCUT2D eigenvalue weighted by Gasteiger charge is -2.13. The second-order valence-electron chi connectivity index (χ2n) is 6.09. The van der Waals surface area contributed by atoms with Crippen molar-refractivity contribution in [2.75, 3.05) is 7.05 Å². The van der Waals surface area contributed by atoms with Gasteiger partial charge >= 0.3 is 0 Å². The molecule has 0 aliphatic heterocycles. The number of fused-ring (bicyclic) bond motifs is 1. The molecule has 1 N–H and O–H groups in total. The summed E-state index contributed by atoms with van der Waals surface area (Å²) in [6, 6.07) is 2.71. The number of hydrogen-bond acceptors (Lipinski definition) is 2. The third kappa shape index (κ3) is 2.91. The number of nitrogens with one attached hydrogen (secondary N) is 1. The Morgan fingerprint density at radius 1 is 1.33 bits per heavy atom. The molecule has 4 nitrogen and oxygen atoms in total. The first-order valence-electron chi connectivity index (χ1n) is 8.10. The highest BCUT2D eigenvalue weighted by molar-refractivity contribution is 5.29. The van der Waals surface area contributed by atoms with Crippen LogP contribution in [0.1, 0.15) is 54.7 Å². The van der Waals surface area contributed by atoms with Gasteiger partial charge in [-0.2, -0.15) is 5.10 Å². The Labute approximate surface area is 127 Å². The Balaban J connectivity index is 1.87. The molecule has 0 saturated carbocycles. The van der Waals surface area contributed by atoms with Crippen molar-refractivity contribution >= 4 is 0 Å². The molecule has 1 atom stereocenters. The van der Waals surface area contributed by atoms with E-state index in [1.54, 1.807) is 0 Å². The lowest BCUT2D eigenvalue weighted by Crippen LogP contribution is -2.15. The van der Waals surface area contributed by atoms with Gasteiger partial charge in [-0.05, 0) is 57.4 Å². The SMILES string of the molecule is CCn1nc(C)cc1Cn1cc2c(c1)C(NC)CCCC2. The molecule has 114 valence electrons. The van der Waals surface area contributed by atoms with Crippen LogP contribution in [0.15, 0.2) is 18.5 Å². The molecular formula is C17H26N4. The van der Waals surface area contributed by atoms with Crippen molar-refractivity contribution in [3.8, 4) is 0 Å². The van der Waals surface area contributed by atoms with Gasteiger partial charge in [0.1, 0.15) is 0 Å². The fourth-order valence-corrected chi connectivity index (χ4v) is 3.49. The Morgan fingerprint density at radius 3 is 2.95 bits per heavy atom. The van der Waals surface area contributed by atoms with Crippen LogP contribution in [0.2, 0.25) is 0 Å². The van der Waals surface area contributed by atoms with Crippen molar-refractivity contribution in [1.29, 1.82) is 0 Å². The smallest absolute Gasteiger partial charge is 0.0639 e. The highest BCUT2D eigenvalue weighted by Crippen LogP contribution is 2.29. The van der Waals surface area contributed by atoms with E-state index in [1.165, 1.54) is 42.5 Å². The van der Waals surface area contributed by atoms with Gasteiger partial charge in [0, 0.05) is 25.0 Å². The zero-order valence-corrected chi connectivity index (χ0v) is 13.4. The summed E-state index contributed by atoms with van der Waals surface area (Å²) in [5.41, 5.74) is 5.41. The fraction of sp³-hybridized carbons (Fsp3) is 0.588. The lowest BCUT2D eigenvalue weighted by atomic mass is 10.1. The number of hydrogen-bond donors (Lipinski definition) is 1. The van der Waals surface area contributed by atoms with Gasteiger partial charge in [0.15, 0.2) is 0 Å². The normalized spacial score (nSPS) is 18.5. The molecule has 0 aromatic carbocycles. The predicted octanol–water partition coefficient (Wildman–Crippen LogP) is 3.05. The highest BCUT2D eigenvalue weighted by Gasteiger charge is 2.19. The molecule has 1 unspecified atom stereocenters. The summed E-state index contributed by atoms with van der Waals surface area (Å²) < 4.78 is 4.44. The second kappa shape index (κ2) is 6.06. The van der Waals surface area contributed by atoms with Crippen LogP contribution in [-0.2, 0) is 19.5 Å². The summed E-state index contributed by atoms with van der Waals surface area (Å²) >= 11 is 0. The second-order valence-corrected chi connectivity index (χ2v) is 6.09. The van der Waals surface area contributed by atoms with E-state index in [1.807, 2.05) is 0 Å². The average Bonchev–Trinajstić information content (AvgIpc) is 2.97. The number of aromatic nitrogens is 3. The van der Waals surface area contributed by atoms with Crippen molar-refractivity contribution in [2.24, 2.45) is 0 Å². The molecule has 0 amide bonds. The Kier molecular flexibility index (Phi) is 4.15. The third-order valence-electron chi connectivity index (χ3n) is 4.54. The van der Waals surface area contributed by atoms with E-state index in [0.29, 0.717) is 6.04 Å². The number of nitrogens with zero attached hydrogens (tertiary/aromatic N) is 3. The van der Waals surface area contributed by atoms with Gasteiger partial charge in [-0.15, -0.1) is 0 Å². The zero-order valence-electron chi connectivity index (χ0n) is 13.4. The molecule has 0 fully saturated rings. The largest absolute Gasteiger partial charge is 0.348 e. The van der Waals surface area contributed by atoms with Gasteiger partial charge in [0.05, 0.1) is 17.9 Å². The van der Waals surface area contributed by atoms with Crippen molar-refractivity contribution in [3.05, 3.63) is 41.0 Å². The van der Waals surface area contributed by atoms with E-state index in [-0.39, 0.29) is 0 Å². The quantitative estimate of drug-likeness (QED) is 0.877. The van der Waals surface area contributed by atoms with Gasteiger partial charge in [-0.1, -0.05) is 6.42 Å². The summed E-state index contributed by atoms with van der Waals surface area (Å²) in [7, 11) is 2.08. The van der Waals surface area contributed by atoms with Crippen LogP contribution in [0.5, 0.6) is 0 Å². The molecule has 0 spiro atoms. The van der Waals surface area contributed by atoms with E-state index in [9.17, 15) is 0 Å². The van der Waals surface area contributed by atoms with Crippen molar-refractivity contribution in [2.45, 2.75) is 58.7 Å². The molecule has 0 bridgehead atoms. The van der Waals surface area contributed by atoms with E-state index >= 15 is 0 Å². The number of rotatable bonds is 4. The minimum absolute atomic E-state index is 0.515. The van der Waals surface area contributed by atoms with Gasteiger partial charge in [-0.25, -0.2) is 0 Å². The zero-order chi connectivity index (χ0) is 14.8. The lowest BCUT2D eigenvalue weighted by molar-refractivity contribution is 0.530. The van der Waals surface area contributed by atoms with Crippen LogP contribution in [0.3, 0.4) is 0 Å². The maximum Gasteiger partial charge on any atom is 0.0639 e. The maximum atomic E-state index is 4.54. The Morgan fingerprint density at radius 2 is 2.19 bits per heavy atom. The molecule has 1 aliphatic carbocycles.